The van der Waals surface area contributed by atoms with Gasteiger partial charge in [0.25, 0.3) is 0 Å². The van der Waals surface area contributed by atoms with Gasteiger partial charge in [0, 0.05) is 23.4 Å². The van der Waals surface area contributed by atoms with Crippen LogP contribution in [0.5, 0.6) is 0 Å². The van der Waals surface area contributed by atoms with E-state index in [1.807, 2.05) is 11.8 Å². The molecule has 1 fully saturated rings. The molecule has 0 aromatic heterocycles. The molecule has 2 aromatic carbocycles. The Morgan fingerprint density at radius 1 is 1.00 bits per heavy atom. The number of thioether (sulfide) groups is 1. The van der Waals surface area contributed by atoms with Gasteiger partial charge in [-0.1, -0.05) is 36.4 Å². The van der Waals surface area contributed by atoms with E-state index in [2.05, 4.69) is 47.4 Å². The minimum absolute atomic E-state index is 1.13. The summed E-state index contributed by atoms with van der Waals surface area (Å²) in [6.45, 7) is 1.18. The van der Waals surface area contributed by atoms with Crippen molar-refractivity contribution in [2.75, 3.05) is 23.1 Å². The summed E-state index contributed by atoms with van der Waals surface area (Å²) in [5, 5.41) is 2.72. The summed E-state index contributed by atoms with van der Waals surface area (Å²) in [6, 6.07) is 15.2. The van der Waals surface area contributed by atoms with E-state index in [4.69, 9.17) is 0 Å². The molecule has 0 bridgehead atoms. The van der Waals surface area contributed by atoms with E-state index < -0.39 is 0 Å². The van der Waals surface area contributed by atoms with Gasteiger partial charge in [0.2, 0.25) is 0 Å². The summed E-state index contributed by atoms with van der Waals surface area (Å²) in [6.07, 6.45) is 0. The summed E-state index contributed by atoms with van der Waals surface area (Å²) < 4.78 is 0. The molecule has 0 amide bonds. The summed E-state index contributed by atoms with van der Waals surface area (Å²) in [7, 11) is 0. The van der Waals surface area contributed by atoms with Crippen LogP contribution in [-0.4, -0.2) is 18.2 Å². The molecule has 0 saturated carbocycles. The van der Waals surface area contributed by atoms with E-state index in [0.717, 1.165) is 5.88 Å². The summed E-state index contributed by atoms with van der Waals surface area (Å²) in [5.74, 6) is 2.39. The third-order valence-corrected chi connectivity index (χ3v) is 3.83. The highest BCUT2D eigenvalue weighted by atomic mass is 32.2. The van der Waals surface area contributed by atoms with Crippen molar-refractivity contribution in [2.24, 2.45) is 0 Å². The lowest BCUT2D eigenvalue weighted by molar-refractivity contribution is 1.00. The molecule has 0 N–H and O–H groups in total. The largest absolute Gasteiger partial charge is 0.361 e. The Hall–Kier alpha value is -1.15. The molecule has 1 saturated heterocycles. The van der Waals surface area contributed by atoms with Gasteiger partial charge >= 0.3 is 0 Å². The van der Waals surface area contributed by atoms with Crippen LogP contribution in [0.1, 0.15) is 0 Å². The van der Waals surface area contributed by atoms with Crippen molar-refractivity contribution < 1.29 is 0 Å². The van der Waals surface area contributed by atoms with E-state index in [1.165, 1.54) is 28.8 Å². The van der Waals surface area contributed by atoms with Crippen molar-refractivity contribution in [1.29, 1.82) is 0 Å². The Bertz CT molecular complexity index is 469. The van der Waals surface area contributed by atoms with Gasteiger partial charge in [-0.25, -0.2) is 0 Å². The van der Waals surface area contributed by atoms with Crippen LogP contribution < -0.4 is 4.90 Å². The van der Waals surface area contributed by atoms with Gasteiger partial charge in [-0.05, 0) is 11.5 Å². The first kappa shape index (κ1) is 9.10. The van der Waals surface area contributed by atoms with Crippen LogP contribution in [0, 0.1) is 0 Å². The number of nitrogens with zero attached hydrogens (tertiary/aromatic N) is 1. The molecule has 15 heavy (non-hydrogen) atoms. The Labute approximate surface area is 94.1 Å². The fraction of sp³-hybridized carbons (Fsp3) is 0.231. The monoisotopic (exact) mass is 215 g/mol. The number of benzene rings is 2. The van der Waals surface area contributed by atoms with Crippen molar-refractivity contribution in [1.82, 2.24) is 0 Å². The van der Waals surface area contributed by atoms with Crippen LogP contribution in [0.2, 0.25) is 0 Å². The van der Waals surface area contributed by atoms with E-state index in [9.17, 15) is 0 Å². The zero-order valence-corrected chi connectivity index (χ0v) is 9.33. The molecule has 0 radical (unpaired) electrons. The predicted octanol–water partition coefficient (Wildman–Crippen LogP) is 3.35. The highest BCUT2D eigenvalue weighted by Gasteiger charge is 2.14. The lowest BCUT2D eigenvalue weighted by Crippen LogP contribution is -2.18. The first-order chi connectivity index (χ1) is 7.45. The Morgan fingerprint density at radius 2 is 1.87 bits per heavy atom. The van der Waals surface area contributed by atoms with Crippen molar-refractivity contribution in [3.8, 4) is 0 Å². The lowest BCUT2D eigenvalue weighted by atomic mass is 10.1. The molecular formula is C13H13NS. The molecule has 76 valence electrons. The summed E-state index contributed by atoms with van der Waals surface area (Å²) in [5.41, 5.74) is 1.39. The number of hydrogen-bond donors (Lipinski definition) is 0. The number of rotatable bonds is 1. The van der Waals surface area contributed by atoms with Crippen molar-refractivity contribution >= 4 is 28.2 Å². The van der Waals surface area contributed by atoms with Gasteiger partial charge < -0.3 is 4.90 Å². The summed E-state index contributed by atoms with van der Waals surface area (Å²) in [4.78, 5) is 2.47. The highest BCUT2D eigenvalue weighted by Crippen LogP contribution is 2.30. The maximum absolute atomic E-state index is 2.47. The average molecular weight is 215 g/mol. The SMILES string of the molecule is c1ccc2c(N3CCSC3)cccc2c1. The van der Waals surface area contributed by atoms with Crippen molar-refractivity contribution in [3.05, 3.63) is 42.5 Å². The second-order valence-corrected chi connectivity index (χ2v) is 4.87. The zero-order valence-electron chi connectivity index (χ0n) is 8.52. The van der Waals surface area contributed by atoms with Gasteiger partial charge in [0.05, 0.1) is 5.88 Å². The maximum Gasteiger partial charge on any atom is 0.0640 e. The Balaban J connectivity index is 2.16. The molecule has 1 heterocycles. The van der Waals surface area contributed by atoms with Crippen LogP contribution in [0.4, 0.5) is 5.69 Å². The smallest absolute Gasteiger partial charge is 0.0640 e. The molecule has 0 spiro atoms. The highest BCUT2D eigenvalue weighted by molar-refractivity contribution is 7.99. The first-order valence-corrected chi connectivity index (χ1v) is 6.41. The van der Waals surface area contributed by atoms with Crippen LogP contribution in [-0.2, 0) is 0 Å². The van der Waals surface area contributed by atoms with Gasteiger partial charge in [-0.15, -0.1) is 11.8 Å². The molecule has 2 aromatic rings. The van der Waals surface area contributed by atoms with E-state index >= 15 is 0 Å². The maximum atomic E-state index is 2.47. The minimum atomic E-state index is 1.13. The molecule has 1 aliphatic rings. The van der Waals surface area contributed by atoms with Crippen molar-refractivity contribution in [2.45, 2.75) is 0 Å². The molecule has 0 unspecified atom stereocenters. The zero-order chi connectivity index (χ0) is 10.1. The van der Waals surface area contributed by atoms with Crippen molar-refractivity contribution in [3.63, 3.8) is 0 Å². The van der Waals surface area contributed by atoms with E-state index in [0.29, 0.717) is 0 Å². The van der Waals surface area contributed by atoms with Gasteiger partial charge in [-0.2, -0.15) is 0 Å². The third kappa shape index (κ3) is 1.59. The first-order valence-electron chi connectivity index (χ1n) is 5.25. The van der Waals surface area contributed by atoms with Gasteiger partial charge in [0.1, 0.15) is 0 Å². The topological polar surface area (TPSA) is 3.24 Å². The molecule has 3 rings (SSSR count). The van der Waals surface area contributed by atoms with Crippen LogP contribution >= 0.6 is 11.8 Å². The normalized spacial score (nSPS) is 16.1. The molecule has 0 atom stereocenters. The second kappa shape index (κ2) is 3.78. The number of fused-ring (bicyclic) bond motifs is 1. The van der Waals surface area contributed by atoms with Gasteiger partial charge in [-0.3, -0.25) is 0 Å². The second-order valence-electron chi connectivity index (χ2n) is 3.80. The fourth-order valence-corrected chi connectivity index (χ4v) is 3.06. The fourth-order valence-electron chi connectivity index (χ4n) is 2.09. The van der Waals surface area contributed by atoms with Crippen LogP contribution in [0.25, 0.3) is 10.8 Å². The van der Waals surface area contributed by atoms with Crippen LogP contribution in [0.3, 0.4) is 0 Å². The molecule has 1 nitrogen and oxygen atoms in total. The average Bonchev–Trinajstić information content (AvgIpc) is 2.82. The van der Waals surface area contributed by atoms with Gasteiger partial charge in [0.15, 0.2) is 0 Å². The quantitative estimate of drug-likeness (QED) is 0.717. The Morgan fingerprint density at radius 3 is 2.73 bits per heavy atom. The van der Waals surface area contributed by atoms with E-state index in [1.54, 1.807) is 0 Å². The molecule has 2 heteroatoms. The molecule has 0 aliphatic carbocycles. The van der Waals surface area contributed by atoms with E-state index in [-0.39, 0.29) is 0 Å². The number of anilines is 1. The lowest BCUT2D eigenvalue weighted by Gasteiger charge is -2.18. The molecular weight excluding hydrogens is 202 g/mol. The van der Waals surface area contributed by atoms with Crippen LogP contribution in [0.15, 0.2) is 42.5 Å². The minimum Gasteiger partial charge on any atom is -0.361 e. The number of hydrogen-bond acceptors (Lipinski definition) is 2. The third-order valence-electron chi connectivity index (χ3n) is 2.86. The Kier molecular flexibility index (Phi) is 2.29. The standard InChI is InChI=1S/C13H13NS/c1-2-6-12-11(4-1)5-3-7-13(12)14-8-9-15-10-14/h1-7H,8-10H2. The molecule has 1 aliphatic heterocycles. The summed E-state index contributed by atoms with van der Waals surface area (Å²) >= 11 is 2.01. The predicted molar refractivity (Wildman–Crippen MR) is 68.6 cm³/mol.